The summed E-state index contributed by atoms with van der Waals surface area (Å²) >= 11 is 4.38. The van der Waals surface area contributed by atoms with Crippen molar-refractivity contribution in [1.82, 2.24) is 0 Å². The third-order valence-corrected chi connectivity index (χ3v) is 3.85. The third kappa shape index (κ3) is 2.22. The molecule has 0 saturated carbocycles. The van der Waals surface area contributed by atoms with E-state index < -0.39 is 0 Å². The van der Waals surface area contributed by atoms with Crippen LogP contribution >= 0.6 is 27.7 Å². The molecule has 0 bridgehead atoms. The Bertz CT molecular complexity index is 464. The summed E-state index contributed by atoms with van der Waals surface area (Å²) in [6.45, 7) is 0. The molecule has 2 rings (SSSR count). The maximum Gasteiger partial charge on any atom is 0.293 e. The van der Waals surface area contributed by atoms with Crippen molar-refractivity contribution in [2.24, 2.45) is 0 Å². The van der Waals surface area contributed by atoms with Gasteiger partial charge in [-0.1, -0.05) is 0 Å². The number of halogens is 1. The van der Waals surface area contributed by atoms with Crippen LogP contribution in [0, 0.1) is 0 Å². The van der Waals surface area contributed by atoms with Crippen molar-refractivity contribution in [1.29, 1.82) is 0 Å². The smallest absolute Gasteiger partial charge is 0.293 e. The Labute approximate surface area is 106 Å². The molecule has 84 valence electrons. The Balaban J connectivity index is 2.34. The van der Waals surface area contributed by atoms with Gasteiger partial charge in [-0.15, -0.1) is 11.8 Å². The molecule has 0 unspecified atom stereocenters. The molecule has 1 aromatic rings. The van der Waals surface area contributed by atoms with Gasteiger partial charge in [-0.05, 0) is 18.2 Å². The minimum Gasteiger partial charge on any atom is -0.324 e. The zero-order valence-corrected chi connectivity index (χ0v) is 10.9. The van der Waals surface area contributed by atoms with E-state index in [0.29, 0.717) is 5.75 Å². The highest BCUT2D eigenvalue weighted by Crippen LogP contribution is 2.34. The summed E-state index contributed by atoms with van der Waals surface area (Å²) in [6, 6.07) is 5.54. The van der Waals surface area contributed by atoms with Gasteiger partial charge in [0.1, 0.15) is 0 Å². The van der Waals surface area contributed by atoms with Gasteiger partial charge in [0.05, 0.1) is 11.4 Å². The molecular weight excluding hydrogens is 292 g/mol. The van der Waals surface area contributed by atoms with E-state index in [1.807, 2.05) is 12.1 Å². The van der Waals surface area contributed by atoms with Crippen LogP contribution in [0.15, 0.2) is 23.1 Å². The van der Waals surface area contributed by atoms with Gasteiger partial charge < -0.3 is 10.2 Å². The van der Waals surface area contributed by atoms with Crippen molar-refractivity contribution < 1.29 is 9.59 Å². The molecule has 2 amide bonds. The highest BCUT2D eigenvalue weighted by Gasteiger charge is 2.17. The monoisotopic (exact) mass is 300 g/mol. The topological polar surface area (TPSA) is 49.4 Å². The molecule has 1 N–H and O–H groups in total. The van der Waals surface area contributed by atoms with Gasteiger partial charge in [0.2, 0.25) is 5.91 Å². The molecule has 0 atom stereocenters. The first kappa shape index (κ1) is 11.5. The van der Waals surface area contributed by atoms with Crippen molar-refractivity contribution in [3.05, 3.63) is 18.2 Å². The lowest BCUT2D eigenvalue weighted by atomic mass is 10.2. The molecule has 0 saturated heterocycles. The highest BCUT2D eigenvalue weighted by atomic mass is 79.9. The van der Waals surface area contributed by atoms with E-state index in [1.165, 1.54) is 16.7 Å². The Kier molecular flexibility index (Phi) is 3.20. The second-order valence-corrected chi connectivity index (χ2v) is 5.02. The number of carbonyl (C=O) groups is 2. The van der Waals surface area contributed by atoms with Crippen LogP contribution < -0.4 is 10.2 Å². The molecule has 0 fully saturated rings. The van der Waals surface area contributed by atoms with Crippen molar-refractivity contribution in [3.63, 3.8) is 0 Å². The summed E-state index contributed by atoms with van der Waals surface area (Å²) < 4.78 is 0. The fraction of sp³-hybridized carbons (Fsp3) is 0.200. The summed E-state index contributed by atoms with van der Waals surface area (Å²) in [6.07, 6.45) is 0. The first-order chi connectivity index (χ1) is 7.58. The fourth-order valence-corrected chi connectivity index (χ4v) is 2.37. The van der Waals surface area contributed by atoms with E-state index in [-0.39, 0.29) is 10.7 Å². The summed E-state index contributed by atoms with van der Waals surface area (Å²) in [4.78, 5) is 24.6. The average molecular weight is 301 g/mol. The number of nitrogens with one attached hydrogen (secondary N) is 1. The molecule has 1 aliphatic rings. The van der Waals surface area contributed by atoms with E-state index in [2.05, 4.69) is 21.2 Å². The van der Waals surface area contributed by atoms with E-state index in [4.69, 9.17) is 0 Å². The minimum atomic E-state index is -0.220. The predicted molar refractivity (Wildman–Crippen MR) is 68.5 cm³/mol. The Hall–Kier alpha value is -1.01. The molecule has 1 heterocycles. The van der Waals surface area contributed by atoms with Gasteiger partial charge in [0.25, 0.3) is 4.82 Å². The van der Waals surface area contributed by atoms with Crippen LogP contribution in [0.1, 0.15) is 0 Å². The van der Waals surface area contributed by atoms with Gasteiger partial charge in [0.15, 0.2) is 0 Å². The van der Waals surface area contributed by atoms with Gasteiger partial charge in [-0.3, -0.25) is 9.59 Å². The molecule has 16 heavy (non-hydrogen) atoms. The molecular formula is C10H9BrN2O2S. The summed E-state index contributed by atoms with van der Waals surface area (Å²) in [5.74, 6) is 0.432. The lowest BCUT2D eigenvalue weighted by molar-refractivity contribution is -0.113. The minimum absolute atomic E-state index is 0.0116. The maximum atomic E-state index is 11.2. The molecule has 4 nitrogen and oxygen atoms in total. The quantitative estimate of drug-likeness (QED) is 0.641. The molecule has 0 aromatic heterocycles. The normalized spacial score (nSPS) is 14.0. The lowest BCUT2D eigenvalue weighted by Crippen LogP contribution is -2.21. The van der Waals surface area contributed by atoms with Crippen molar-refractivity contribution >= 4 is 49.8 Å². The SMILES string of the molecule is CN(C(=O)Br)c1ccc2c(c1)NC(=O)CS2. The number of nitrogens with zero attached hydrogens (tertiary/aromatic N) is 1. The first-order valence-electron chi connectivity index (χ1n) is 4.58. The van der Waals surface area contributed by atoms with Crippen LogP contribution in [0.4, 0.5) is 16.2 Å². The second-order valence-electron chi connectivity index (χ2n) is 3.33. The maximum absolute atomic E-state index is 11.2. The number of thioether (sulfide) groups is 1. The molecule has 6 heteroatoms. The van der Waals surface area contributed by atoms with Crippen LogP contribution in [0.25, 0.3) is 0 Å². The Morgan fingerprint density at radius 1 is 1.56 bits per heavy atom. The first-order valence-corrected chi connectivity index (χ1v) is 6.35. The number of hydrogen-bond donors (Lipinski definition) is 1. The van der Waals surface area contributed by atoms with Crippen molar-refractivity contribution in [2.45, 2.75) is 4.90 Å². The number of rotatable bonds is 1. The number of benzene rings is 1. The standard InChI is InChI=1S/C10H9BrN2O2S/c1-13(10(11)15)6-2-3-8-7(4-6)12-9(14)5-16-8/h2-4H,5H2,1H3,(H,12,14). The number of hydrogen-bond acceptors (Lipinski definition) is 3. The van der Waals surface area contributed by atoms with Gasteiger partial charge >= 0.3 is 0 Å². The van der Waals surface area contributed by atoms with Crippen LogP contribution in [-0.2, 0) is 4.79 Å². The largest absolute Gasteiger partial charge is 0.324 e. The summed E-state index contributed by atoms with van der Waals surface area (Å²) in [5, 5.41) is 2.78. The second kappa shape index (κ2) is 4.47. The van der Waals surface area contributed by atoms with E-state index in [9.17, 15) is 9.59 Å². The van der Waals surface area contributed by atoms with Crippen LogP contribution in [0.5, 0.6) is 0 Å². The molecule has 0 spiro atoms. The predicted octanol–water partition coefficient (Wildman–Crippen LogP) is 2.68. The zero-order valence-electron chi connectivity index (χ0n) is 8.49. The summed E-state index contributed by atoms with van der Waals surface area (Å²) in [5.41, 5.74) is 1.50. The highest BCUT2D eigenvalue weighted by molar-refractivity contribution is 9.18. The molecule has 0 aliphatic carbocycles. The number of carbonyl (C=O) groups excluding carboxylic acids is 2. The van der Waals surface area contributed by atoms with Gasteiger partial charge in [0, 0.05) is 33.6 Å². The Morgan fingerprint density at radius 2 is 2.31 bits per heavy atom. The third-order valence-electron chi connectivity index (χ3n) is 2.25. The number of fused-ring (bicyclic) bond motifs is 1. The average Bonchev–Trinajstić information content (AvgIpc) is 2.26. The van der Waals surface area contributed by atoms with Crippen LogP contribution in [-0.4, -0.2) is 23.5 Å². The van der Waals surface area contributed by atoms with E-state index >= 15 is 0 Å². The van der Waals surface area contributed by atoms with E-state index in [1.54, 1.807) is 13.1 Å². The Morgan fingerprint density at radius 3 is 3.00 bits per heavy atom. The summed E-state index contributed by atoms with van der Waals surface area (Å²) in [7, 11) is 1.66. The van der Waals surface area contributed by atoms with E-state index in [0.717, 1.165) is 16.3 Å². The zero-order chi connectivity index (χ0) is 11.7. The molecule has 1 aliphatic heterocycles. The number of amides is 2. The van der Waals surface area contributed by atoms with Gasteiger partial charge in [-0.2, -0.15) is 0 Å². The van der Waals surface area contributed by atoms with Crippen molar-refractivity contribution in [2.75, 3.05) is 23.0 Å². The molecule has 0 radical (unpaired) electrons. The van der Waals surface area contributed by atoms with Crippen LogP contribution in [0.2, 0.25) is 0 Å². The lowest BCUT2D eigenvalue weighted by Gasteiger charge is -2.20. The number of anilines is 2. The molecule has 1 aromatic carbocycles. The van der Waals surface area contributed by atoms with Gasteiger partial charge in [-0.25, -0.2) is 0 Å². The fourth-order valence-electron chi connectivity index (χ4n) is 1.38. The van der Waals surface area contributed by atoms with Crippen LogP contribution in [0.3, 0.4) is 0 Å². The van der Waals surface area contributed by atoms with Crippen molar-refractivity contribution in [3.8, 4) is 0 Å².